The number of aliphatic carboxylic acids is 1. The molecule has 0 aliphatic rings. The van der Waals surface area contributed by atoms with E-state index >= 15 is 0 Å². The zero-order valence-electron chi connectivity index (χ0n) is 11.8. The molecule has 0 saturated heterocycles. The quantitative estimate of drug-likeness (QED) is 0.892. The molecular formula is C15H16BrNO4. The van der Waals surface area contributed by atoms with E-state index in [0.29, 0.717) is 12.0 Å². The number of hydrogen-bond donors (Lipinski definition) is 1. The van der Waals surface area contributed by atoms with Crippen molar-refractivity contribution in [1.29, 1.82) is 0 Å². The molecule has 6 heteroatoms. The van der Waals surface area contributed by atoms with Crippen LogP contribution in [0.25, 0.3) is 11.0 Å². The fourth-order valence-corrected chi connectivity index (χ4v) is 2.43. The topological polar surface area (TPSA) is 70.8 Å². The Balaban J connectivity index is 2.35. The van der Waals surface area contributed by atoms with Crippen LogP contribution in [0.5, 0.6) is 0 Å². The summed E-state index contributed by atoms with van der Waals surface area (Å²) in [6.07, 6.45) is 0.671. The van der Waals surface area contributed by atoms with Crippen molar-refractivity contribution in [2.75, 3.05) is 6.54 Å². The number of nitrogens with zero attached hydrogens (tertiary/aromatic N) is 1. The Bertz CT molecular complexity index is 679. The van der Waals surface area contributed by atoms with E-state index < -0.39 is 11.9 Å². The lowest BCUT2D eigenvalue weighted by molar-refractivity contribution is -0.138. The van der Waals surface area contributed by atoms with Crippen molar-refractivity contribution in [2.45, 2.75) is 26.3 Å². The second kappa shape index (κ2) is 6.30. The van der Waals surface area contributed by atoms with Crippen LogP contribution >= 0.6 is 15.9 Å². The van der Waals surface area contributed by atoms with Gasteiger partial charge in [-0.05, 0) is 37.6 Å². The number of fused-ring (bicyclic) bond motifs is 1. The molecule has 1 N–H and O–H groups in total. The predicted octanol–water partition coefficient (Wildman–Crippen LogP) is 3.52. The molecule has 0 spiro atoms. The van der Waals surface area contributed by atoms with Crippen molar-refractivity contribution in [2.24, 2.45) is 0 Å². The molecule has 1 unspecified atom stereocenters. The van der Waals surface area contributed by atoms with E-state index in [0.717, 1.165) is 9.86 Å². The third-order valence-electron chi connectivity index (χ3n) is 3.38. The molecule has 1 amide bonds. The van der Waals surface area contributed by atoms with Gasteiger partial charge in [0.1, 0.15) is 12.1 Å². The molecule has 21 heavy (non-hydrogen) atoms. The Kier molecular flexibility index (Phi) is 4.67. The monoisotopic (exact) mass is 353 g/mol. The molecule has 1 aromatic carbocycles. The highest BCUT2D eigenvalue weighted by atomic mass is 79.9. The summed E-state index contributed by atoms with van der Waals surface area (Å²) in [5.41, 5.74) is 0.598. The van der Waals surface area contributed by atoms with Crippen molar-refractivity contribution in [1.82, 2.24) is 4.90 Å². The first kappa shape index (κ1) is 15.6. The third-order valence-corrected chi connectivity index (χ3v) is 3.87. The fraction of sp³-hybridized carbons (Fsp3) is 0.333. The van der Waals surface area contributed by atoms with Crippen molar-refractivity contribution in [3.63, 3.8) is 0 Å². The summed E-state index contributed by atoms with van der Waals surface area (Å²) in [6.45, 7) is 3.39. The number of amides is 1. The number of rotatable bonds is 5. The molecule has 1 atom stereocenters. The number of carbonyl (C=O) groups is 2. The van der Waals surface area contributed by atoms with Crippen LogP contribution in [0, 0.1) is 0 Å². The minimum atomic E-state index is -1.04. The normalized spacial score (nSPS) is 12.3. The van der Waals surface area contributed by atoms with E-state index in [4.69, 9.17) is 9.52 Å². The van der Waals surface area contributed by atoms with Crippen LogP contribution in [-0.2, 0) is 4.79 Å². The number of benzene rings is 1. The predicted molar refractivity (Wildman–Crippen MR) is 82.3 cm³/mol. The van der Waals surface area contributed by atoms with Gasteiger partial charge in [-0.15, -0.1) is 0 Å². The molecule has 0 radical (unpaired) electrons. The molecule has 0 aliphatic heterocycles. The second-order valence-electron chi connectivity index (χ2n) is 4.88. The molecule has 0 saturated carbocycles. The molecule has 0 bridgehead atoms. The Morgan fingerprint density at radius 2 is 2.10 bits per heavy atom. The van der Waals surface area contributed by atoms with Crippen LogP contribution in [-0.4, -0.2) is 34.5 Å². The number of carboxylic acids is 1. The molecule has 5 nitrogen and oxygen atoms in total. The van der Waals surface area contributed by atoms with Crippen LogP contribution in [0.15, 0.2) is 33.2 Å². The Morgan fingerprint density at radius 1 is 1.38 bits per heavy atom. The second-order valence-corrected chi connectivity index (χ2v) is 5.79. The van der Waals surface area contributed by atoms with Crippen LogP contribution in [0.1, 0.15) is 30.8 Å². The molecule has 112 valence electrons. The number of furan rings is 1. The largest absolute Gasteiger partial charge is 0.480 e. The number of halogens is 1. The summed E-state index contributed by atoms with van der Waals surface area (Å²) < 4.78 is 6.43. The Labute approximate surface area is 130 Å². The zero-order valence-corrected chi connectivity index (χ0v) is 13.4. The lowest BCUT2D eigenvalue weighted by Crippen LogP contribution is -2.41. The maximum atomic E-state index is 12.5. The van der Waals surface area contributed by atoms with Gasteiger partial charge in [-0.25, -0.2) is 0 Å². The molecule has 0 aliphatic carbocycles. The van der Waals surface area contributed by atoms with Crippen molar-refractivity contribution in [3.05, 3.63) is 34.5 Å². The summed E-state index contributed by atoms with van der Waals surface area (Å²) in [6, 6.07) is 6.90. The van der Waals surface area contributed by atoms with Crippen molar-refractivity contribution in [3.8, 4) is 0 Å². The van der Waals surface area contributed by atoms with Crippen LogP contribution < -0.4 is 0 Å². The van der Waals surface area contributed by atoms with Gasteiger partial charge in [-0.3, -0.25) is 9.59 Å². The minimum Gasteiger partial charge on any atom is -0.480 e. The standard InChI is InChI=1S/C15H16BrNO4/c1-3-9(2)17(8-14(18)19)15(20)13-7-10-6-11(16)4-5-12(10)21-13/h4-7,9H,3,8H2,1-2H3,(H,18,19). The first-order valence-electron chi connectivity index (χ1n) is 6.64. The van der Waals surface area contributed by atoms with Gasteiger partial charge >= 0.3 is 5.97 Å². The molecule has 1 aromatic heterocycles. The zero-order chi connectivity index (χ0) is 15.6. The highest BCUT2D eigenvalue weighted by Gasteiger charge is 2.25. The van der Waals surface area contributed by atoms with E-state index in [2.05, 4.69) is 15.9 Å². The average Bonchev–Trinajstić information content (AvgIpc) is 2.85. The van der Waals surface area contributed by atoms with E-state index in [1.54, 1.807) is 12.1 Å². The minimum absolute atomic E-state index is 0.157. The smallest absolute Gasteiger partial charge is 0.323 e. The van der Waals surface area contributed by atoms with Gasteiger partial charge in [-0.2, -0.15) is 0 Å². The third kappa shape index (κ3) is 3.44. The summed E-state index contributed by atoms with van der Waals surface area (Å²) >= 11 is 3.36. The van der Waals surface area contributed by atoms with Gasteiger partial charge in [0.05, 0.1) is 0 Å². The lowest BCUT2D eigenvalue weighted by atomic mass is 10.2. The summed E-state index contributed by atoms with van der Waals surface area (Å²) in [5.74, 6) is -1.29. The Hall–Kier alpha value is -1.82. The van der Waals surface area contributed by atoms with Gasteiger partial charge in [-0.1, -0.05) is 22.9 Å². The highest BCUT2D eigenvalue weighted by molar-refractivity contribution is 9.10. The van der Waals surface area contributed by atoms with Crippen LogP contribution in [0.3, 0.4) is 0 Å². The van der Waals surface area contributed by atoms with Gasteiger partial charge in [0.25, 0.3) is 5.91 Å². The van der Waals surface area contributed by atoms with Gasteiger partial charge < -0.3 is 14.4 Å². The molecule has 2 rings (SSSR count). The lowest BCUT2D eigenvalue weighted by Gasteiger charge is -2.25. The molecule has 1 heterocycles. The van der Waals surface area contributed by atoms with Gasteiger partial charge in [0.15, 0.2) is 5.76 Å². The van der Waals surface area contributed by atoms with Gasteiger partial charge in [0, 0.05) is 15.9 Å². The summed E-state index contributed by atoms with van der Waals surface area (Å²) in [5, 5.41) is 9.77. The maximum absolute atomic E-state index is 12.5. The SMILES string of the molecule is CCC(C)N(CC(=O)O)C(=O)c1cc2cc(Br)ccc2o1. The van der Waals surface area contributed by atoms with Crippen molar-refractivity contribution >= 4 is 38.8 Å². The summed E-state index contributed by atoms with van der Waals surface area (Å²) in [7, 11) is 0. The van der Waals surface area contributed by atoms with Crippen molar-refractivity contribution < 1.29 is 19.1 Å². The molecule has 0 fully saturated rings. The van der Waals surface area contributed by atoms with E-state index in [-0.39, 0.29) is 18.3 Å². The van der Waals surface area contributed by atoms with E-state index in [9.17, 15) is 9.59 Å². The first-order valence-corrected chi connectivity index (χ1v) is 7.43. The fourth-order valence-electron chi connectivity index (χ4n) is 2.06. The summed E-state index contributed by atoms with van der Waals surface area (Å²) in [4.78, 5) is 24.8. The van der Waals surface area contributed by atoms with Crippen LogP contribution in [0.2, 0.25) is 0 Å². The Morgan fingerprint density at radius 3 is 2.71 bits per heavy atom. The highest BCUT2D eigenvalue weighted by Crippen LogP contribution is 2.24. The first-order chi connectivity index (χ1) is 9.92. The number of hydrogen-bond acceptors (Lipinski definition) is 3. The number of carbonyl (C=O) groups excluding carboxylic acids is 1. The average molecular weight is 354 g/mol. The molecular weight excluding hydrogens is 338 g/mol. The van der Waals surface area contributed by atoms with Crippen LogP contribution in [0.4, 0.5) is 0 Å². The number of carboxylic acid groups (broad SMARTS) is 1. The molecule has 2 aromatic rings. The van der Waals surface area contributed by atoms with E-state index in [1.165, 1.54) is 4.90 Å². The van der Waals surface area contributed by atoms with Gasteiger partial charge in [0.2, 0.25) is 0 Å². The van der Waals surface area contributed by atoms with E-state index in [1.807, 2.05) is 26.0 Å². The maximum Gasteiger partial charge on any atom is 0.323 e.